The number of benzene rings is 1. The van der Waals surface area contributed by atoms with Crippen molar-refractivity contribution in [2.75, 3.05) is 0 Å². The highest BCUT2D eigenvalue weighted by Crippen LogP contribution is 2.28. The molecule has 0 atom stereocenters. The first-order valence-electron chi connectivity index (χ1n) is 7.47. The Morgan fingerprint density at radius 2 is 2.04 bits per heavy atom. The number of carbonyl (C=O) groups excluding carboxylic acids is 1. The smallest absolute Gasteiger partial charge is 0.354 e. The minimum absolute atomic E-state index is 0.124. The number of hydrogen-bond acceptors (Lipinski definition) is 5. The molecule has 0 N–H and O–H groups in total. The highest BCUT2D eigenvalue weighted by molar-refractivity contribution is 7.20. The molecule has 24 heavy (non-hydrogen) atoms. The third kappa shape index (κ3) is 3.07. The van der Waals surface area contributed by atoms with Gasteiger partial charge in [0, 0.05) is 11.6 Å². The molecule has 3 aromatic rings. The van der Waals surface area contributed by atoms with Crippen molar-refractivity contribution in [3.8, 4) is 5.75 Å². The number of aryl methyl sites for hydroxylation is 2. The highest BCUT2D eigenvalue weighted by Gasteiger charge is 2.21. The number of fused-ring (bicyclic) bond motifs is 1. The average molecular weight is 363 g/mol. The summed E-state index contributed by atoms with van der Waals surface area (Å²) in [5, 5.41) is 1.05. The van der Waals surface area contributed by atoms with Crippen molar-refractivity contribution in [2.24, 2.45) is 0 Å². The topological polar surface area (TPSA) is 61.2 Å². The van der Waals surface area contributed by atoms with Crippen LogP contribution < -0.4 is 10.3 Å². The second-order valence-electron chi connectivity index (χ2n) is 5.32. The Kier molecular flexibility index (Phi) is 4.69. The van der Waals surface area contributed by atoms with Crippen LogP contribution in [0.15, 0.2) is 35.4 Å². The molecular weight excluding hydrogens is 348 g/mol. The maximum Gasteiger partial charge on any atom is 0.354 e. The molecule has 124 valence electrons. The monoisotopic (exact) mass is 362 g/mol. The van der Waals surface area contributed by atoms with E-state index in [1.807, 2.05) is 6.92 Å². The van der Waals surface area contributed by atoms with Crippen molar-refractivity contribution < 1.29 is 9.53 Å². The quantitative estimate of drug-likeness (QED) is 0.519. The second kappa shape index (κ2) is 6.75. The zero-order valence-corrected chi connectivity index (χ0v) is 14.8. The molecule has 0 aliphatic rings. The van der Waals surface area contributed by atoms with Gasteiger partial charge in [0.25, 0.3) is 5.56 Å². The Balaban J connectivity index is 1.99. The summed E-state index contributed by atoms with van der Waals surface area (Å²) in [5.74, 6) is -0.100. The summed E-state index contributed by atoms with van der Waals surface area (Å²) in [5.41, 5.74) is 0.484. The van der Waals surface area contributed by atoms with Crippen LogP contribution >= 0.6 is 22.9 Å². The Hall–Kier alpha value is -2.18. The predicted octanol–water partition coefficient (Wildman–Crippen LogP) is 4.05. The second-order valence-corrected chi connectivity index (χ2v) is 6.76. The van der Waals surface area contributed by atoms with Gasteiger partial charge in [-0.2, -0.15) is 0 Å². The summed E-state index contributed by atoms with van der Waals surface area (Å²) in [6.07, 6.45) is 2.36. The molecule has 1 aromatic carbocycles. The molecular formula is C17H15ClN2O3S. The molecule has 0 radical (unpaired) electrons. The minimum Gasteiger partial charge on any atom is -0.422 e. The van der Waals surface area contributed by atoms with Gasteiger partial charge in [-0.25, -0.2) is 9.78 Å². The standard InChI is InChI=1S/C17H15ClN2O3S/c1-3-8-20-9-19-15-13(16(20)21)10(2)14(24-15)17(22)23-12-6-4-11(18)5-7-12/h4-7,9H,3,8H2,1-2H3. The molecule has 0 saturated carbocycles. The number of aromatic nitrogens is 2. The Labute approximate surface area is 147 Å². The molecule has 0 unspecified atom stereocenters. The van der Waals surface area contributed by atoms with Crippen molar-refractivity contribution in [3.05, 3.63) is 56.4 Å². The first-order valence-corrected chi connectivity index (χ1v) is 8.67. The zero-order valence-electron chi connectivity index (χ0n) is 13.2. The van der Waals surface area contributed by atoms with Gasteiger partial charge in [-0.3, -0.25) is 9.36 Å². The number of thiophene rings is 1. The third-order valence-electron chi connectivity index (χ3n) is 3.59. The van der Waals surface area contributed by atoms with E-state index in [1.165, 1.54) is 17.7 Å². The van der Waals surface area contributed by atoms with E-state index in [0.29, 0.717) is 38.0 Å². The van der Waals surface area contributed by atoms with Crippen LogP contribution in [0.1, 0.15) is 28.6 Å². The molecule has 7 heteroatoms. The molecule has 0 bridgehead atoms. The van der Waals surface area contributed by atoms with E-state index in [9.17, 15) is 9.59 Å². The van der Waals surface area contributed by atoms with E-state index in [2.05, 4.69) is 4.98 Å². The maximum absolute atomic E-state index is 12.5. The van der Waals surface area contributed by atoms with Crippen LogP contribution in [-0.2, 0) is 6.54 Å². The fourth-order valence-electron chi connectivity index (χ4n) is 2.41. The molecule has 0 amide bonds. The van der Waals surface area contributed by atoms with Gasteiger partial charge in [0.1, 0.15) is 15.5 Å². The molecule has 2 aromatic heterocycles. The summed E-state index contributed by atoms with van der Waals surface area (Å²) < 4.78 is 6.93. The van der Waals surface area contributed by atoms with Crippen LogP contribution in [0.2, 0.25) is 5.02 Å². The summed E-state index contributed by atoms with van der Waals surface area (Å²) in [6, 6.07) is 6.53. The van der Waals surface area contributed by atoms with Crippen molar-refractivity contribution in [3.63, 3.8) is 0 Å². The molecule has 2 heterocycles. The average Bonchev–Trinajstić information content (AvgIpc) is 2.90. The van der Waals surface area contributed by atoms with Gasteiger partial charge in [-0.15, -0.1) is 11.3 Å². The van der Waals surface area contributed by atoms with Crippen LogP contribution in [0.3, 0.4) is 0 Å². The molecule has 0 spiro atoms. The normalized spacial score (nSPS) is 11.0. The van der Waals surface area contributed by atoms with E-state index in [-0.39, 0.29) is 5.56 Å². The fraction of sp³-hybridized carbons (Fsp3) is 0.235. The first-order chi connectivity index (χ1) is 11.5. The Morgan fingerprint density at radius 1 is 1.33 bits per heavy atom. The number of nitrogens with zero attached hydrogens (tertiary/aromatic N) is 2. The van der Waals surface area contributed by atoms with Crippen LogP contribution in [0, 0.1) is 6.92 Å². The predicted molar refractivity (Wildman–Crippen MR) is 95.3 cm³/mol. The van der Waals surface area contributed by atoms with Crippen LogP contribution in [0.4, 0.5) is 0 Å². The first kappa shape index (κ1) is 16.7. The lowest BCUT2D eigenvalue weighted by Crippen LogP contribution is -2.20. The van der Waals surface area contributed by atoms with E-state index >= 15 is 0 Å². The number of hydrogen-bond donors (Lipinski definition) is 0. The largest absolute Gasteiger partial charge is 0.422 e. The van der Waals surface area contributed by atoms with Crippen molar-refractivity contribution >= 4 is 39.1 Å². The number of carbonyl (C=O) groups is 1. The number of esters is 1. The minimum atomic E-state index is -0.501. The van der Waals surface area contributed by atoms with Crippen LogP contribution in [0.5, 0.6) is 5.75 Å². The SMILES string of the molecule is CCCn1cnc2sc(C(=O)Oc3ccc(Cl)cc3)c(C)c2c1=O. The molecule has 0 fully saturated rings. The number of ether oxygens (including phenoxy) is 1. The van der Waals surface area contributed by atoms with Gasteiger partial charge >= 0.3 is 5.97 Å². The molecule has 5 nitrogen and oxygen atoms in total. The van der Waals surface area contributed by atoms with Crippen LogP contribution in [-0.4, -0.2) is 15.5 Å². The van der Waals surface area contributed by atoms with Gasteiger partial charge in [0.2, 0.25) is 0 Å². The van der Waals surface area contributed by atoms with Gasteiger partial charge < -0.3 is 4.74 Å². The van der Waals surface area contributed by atoms with Crippen molar-refractivity contribution in [1.29, 1.82) is 0 Å². The highest BCUT2D eigenvalue weighted by atomic mass is 35.5. The number of halogens is 1. The Bertz CT molecular complexity index is 960. The fourth-order valence-corrected chi connectivity index (χ4v) is 3.55. The maximum atomic E-state index is 12.5. The third-order valence-corrected chi connectivity index (χ3v) is 5.02. The summed E-state index contributed by atoms with van der Waals surface area (Å²) in [7, 11) is 0. The zero-order chi connectivity index (χ0) is 17.3. The lowest BCUT2D eigenvalue weighted by molar-refractivity contribution is 0.0739. The van der Waals surface area contributed by atoms with Crippen molar-refractivity contribution in [2.45, 2.75) is 26.8 Å². The molecule has 0 saturated heterocycles. The van der Waals surface area contributed by atoms with Crippen molar-refractivity contribution in [1.82, 2.24) is 9.55 Å². The van der Waals surface area contributed by atoms with Gasteiger partial charge in [-0.1, -0.05) is 18.5 Å². The van der Waals surface area contributed by atoms with Gasteiger partial charge in [0.15, 0.2) is 0 Å². The van der Waals surface area contributed by atoms with E-state index in [4.69, 9.17) is 16.3 Å². The summed E-state index contributed by atoms with van der Waals surface area (Å²) in [6.45, 7) is 4.34. The molecule has 0 aliphatic carbocycles. The summed E-state index contributed by atoms with van der Waals surface area (Å²) >= 11 is 6.99. The summed E-state index contributed by atoms with van der Waals surface area (Å²) in [4.78, 5) is 30.2. The lowest BCUT2D eigenvalue weighted by atomic mass is 10.2. The Morgan fingerprint density at radius 3 is 2.71 bits per heavy atom. The van der Waals surface area contributed by atoms with Gasteiger partial charge in [-0.05, 0) is 43.2 Å². The number of rotatable bonds is 4. The van der Waals surface area contributed by atoms with Crippen LogP contribution in [0.25, 0.3) is 10.2 Å². The molecule has 0 aliphatic heterocycles. The lowest BCUT2D eigenvalue weighted by Gasteiger charge is -2.03. The van der Waals surface area contributed by atoms with E-state index < -0.39 is 5.97 Å². The van der Waals surface area contributed by atoms with Gasteiger partial charge in [0.05, 0.1) is 11.7 Å². The molecule has 3 rings (SSSR count). The van der Waals surface area contributed by atoms with E-state index in [0.717, 1.165) is 6.42 Å². The van der Waals surface area contributed by atoms with E-state index in [1.54, 1.807) is 35.8 Å².